The molecule has 1 aliphatic rings. The van der Waals surface area contributed by atoms with Crippen LogP contribution in [0, 0.1) is 23.1 Å². The van der Waals surface area contributed by atoms with Crippen molar-refractivity contribution in [3.8, 4) is 6.07 Å². The summed E-state index contributed by atoms with van der Waals surface area (Å²) >= 11 is 0. The van der Waals surface area contributed by atoms with Gasteiger partial charge in [-0.2, -0.15) is 5.26 Å². The lowest BCUT2D eigenvalue weighted by atomic mass is 9.84. The summed E-state index contributed by atoms with van der Waals surface area (Å²) in [6.45, 7) is 4.05. The maximum absolute atomic E-state index is 14.1. The van der Waals surface area contributed by atoms with Gasteiger partial charge < -0.3 is 5.32 Å². The molecule has 4 heteroatoms. The highest BCUT2D eigenvalue weighted by Crippen LogP contribution is 2.33. The van der Waals surface area contributed by atoms with Gasteiger partial charge in [-0.05, 0) is 42.5 Å². The number of halogens is 1. The molecule has 1 aromatic heterocycles. The summed E-state index contributed by atoms with van der Waals surface area (Å²) < 4.78 is 14.1. The smallest absolute Gasteiger partial charge is 0.143 e. The monoisotopic (exact) mass is 269 g/mol. The molecule has 0 radical (unpaired) electrons. The summed E-state index contributed by atoms with van der Waals surface area (Å²) in [4.78, 5) is 4.20. The summed E-state index contributed by atoms with van der Waals surface area (Å²) in [6.07, 6.45) is 2.64. The topological polar surface area (TPSA) is 48.7 Å². The van der Waals surface area contributed by atoms with Gasteiger partial charge in [0.2, 0.25) is 0 Å². The van der Waals surface area contributed by atoms with Crippen LogP contribution in [0.4, 0.5) is 4.39 Å². The Labute approximate surface area is 117 Å². The van der Waals surface area contributed by atoms with Gasteiger partial charge in [0, 0.05) is 18.1 Å². The van der Waals surface area contributed by atoms with Crippen LogP contribution in [-0.4, -0.2) is 18.1 Å². The first-order valence-corrected chi connectivity index (χ1v) is 6.88. The van der Waals surface area contributed by atoms with Crippen LogP contribution in [0.15, 0.2) is 24.4 Å². The highest BCUT2D eigenvalue weighted by atomic mass is 19.1. The number of benzene rings is 1. The number of fused-ring (bicyclic) bond motifs is 1. The molecule has 1 aromatic carbocycles. The summed E-state index contributed by atoms with van der Waals surface area (Å²) in [5.41, 5.74) is 1.48. The first-order valence-electron chi connectivity index (χ1n) is 6.88. The third kappa shape index (κ3) is 2.14. The average molecular weight is 269 g/mol. The Bertz CT molecular complexity index is 690. The van der Waals surface area contributed by atoms with Crippen LogP contribution in [0.5, 0.6) is 0 Å². The first kappa shape index (κ1) is 13.0. The van der Waals surface area contributed by atoms with Gasteiger partial charge in [0.05, 0.1) is 5.52 Å². The Kier molecular flexibility index (Phi) is 3.37. The Hall–Kier alpha value is -1.99. The van der Waals surface area contributed by atoms with Crippen molar-refractivity contribution in [2.75, 3.05) is 13.1 Å². The van der Waals surface area contributed by atoms with Crippen LogP contribution >= 0.6 is 0 Å². The molecule has 3 rings (SSSR count). The second-order valence-corrected chi connectivity index (χ2v) is 5.53. The van der Waals surface area contributed by atoms with Crippen molar-refractivity contribution in [3.05, 3.63) is 41.3 Å². The summed E-state index contributed by atoms with van der Waals surface area (Å²) in [5.74, 6) is 0.374. The van der Waals surface area contributed by atoms with Crippen molar-refractivity contribution >= 4 is 10.9 Å². The van der Waals surface area contributed by atoms with E-state index in [1.807, 2.05) is 18.2 Å². The molecule has 2 atom stereocenters. The molecule has 0 saturated carbocycles. The van der Waals surface area contributed by atoms with Crippen molar-refractivity contribution in [1.29, 1.82) is 5.26 Å². The molecular weight excluding hydrogens is 253 g/mol. The molecule has 0 amide bonds. The highest BCUT2D eigenvalue weighted by molar-refractivity contribution is 5.87. The molecule has 2 aromatic rings. The lowest BCUT2D eigenvalue weighted by Crippen LogP contribution is -2.34. The van der Waals surface area contributed by atoms with Crippen LogP contribution in [0.1, 0.15) is 30.4 Å². The van der Waals surface area contributed by atoms with Crippen LogP contribution in [0.3, 0.4) is 0 Å². The number of nitriles is 1. The molecule has 0 spiro atoms. The maximum atomic E-state index is 14.1. The molecule has 1 N–H and O–H groups in total. The Morgan fingerprint density at radius 3 is 3.05 bits per heavy atom. The van der Waals surface area contributed by atoms with E-state index in [4.69, 9.17) is 5.26 Å². The number of rotatable bonds is 1. The zero-order valence-corrected chi connectivity index (χ0v) is 11.4. The summed E-state index contributed by atoms with van der Waals surface area (Å²) in [7, 11) is 0. The molecule has 2 heterocycles. The number of nitrogens with zero attached hydrogens (tertiary/aromatic N) is 2. The third-order valence-corrected chi connectivity index (χ3v) is 4.00. The van der Waals surface area contributed by atoms with Gasteiger partial charge in [-0.1, -0.05) is 13.0 Å². The Morgan fingerprint density at radius 2 is 2.30 bits per heavy atom. The van der Waals surface area contributed by atoms with Gasteiger partial charge in [-0.15, -0.1) is 0 Å². The molecule has 20 heavy (non-hydrogen) atoms. The van der Waals surface area contributed by atoms with E-state index < -0.39 is 5.82 Å². The van der Waals surface area contributed by atoms with E-state index in [0.29, 0.717) is 11.4 Å². The zero-order valence-electron chi connectivity index (χ0n) is 11.4. The number of hydrogen-bond donors (Lipinski definition) is 1. The second-order valence-electron chi connectivity index (χ2n) is 5.53. The quantitative estimate of drug-likeness (QED) is 0.866. The number of piperidine rings is 1. The van der Waals surface area contributed by atoms with E-state index in [2.05, 4.69) is 17.2 Å². The molecule has 1 saturated heterocycles. The van der Waals surface area contributed by atoms with Crippen LogP contribution in [-0.2, 0) is 0 Å². The fourth-order valence-electron chi connectivity index (χ4n) is 3.07. The molecule has 3 nitrogen and oxygen atoms in total. The summed E-state index contributed by atoms with van der Waals surface area (Å²) in [5, 5.41) is 13.4. The van der Waals surface area contributed by atoms with Gasteiger partial charge in [0.1, 0.15) is 17.4 Å². The minimum atomic E-state index is -0.466. The standard InChI is InChI=1S/C16H16FN3/c1-10-5-11(9-19-8-10)13-6-15(17)14(7-18)16-12(13)3-2-4-20-16/h2-4,6,10-11,19H,5,8-9H2,1H3/t10-,11?/m1/s1. The van der Waals surface area contributed by atoms with Gasteiger partial charge >= 0.3 is 0 Å². The Morgan fingerprint density at radius 1 is 1.45 bits per heavy atom. The molecule has 1 aliphatic heterocycles. The lowest BCUT2D eigenvalue weighted by molar-refractivity contribution is 0.364. The van der Waals surface area contributed by atoms with Crippen LogP contribution in [0.25, 0.3) is 10.9 Å². The van der Waals surface area contributed by atoms with Crippen molar-refractivity contribution in [3.63, 3.8) is 0 Å². The molecule has 0 aliphatic carbocycles. The van der Waals surface area contributed by atoms with E-state index in [1.54, 1.807) is 6.20 Å². The van der Waals surface area contributed by atoms with Crippen molar-refractivity contribution in [1.82, 2.24) is 10.3 Å². The van der Waals surface area contributed by atoms with Crippen molar-refractivity contribution < 1.29 is 4.39 Å². The minimum Gasteiger partial charge on any atom is -0.316 e. The Balaban J connectivity index is 2.19. The van der Waals surface area contributed by atoms with Gasteiger partial charge in [-0.25, -0.2) is 4.39 Å². The maximum Gasteiger partial charge on any atom is 0.143 e. The fraction of sp³-hybridized carbons (Fsp3) is 0.375. The molecule has 0 bridgehead atoms. The molecular formula is C16H16FN3. The minimum absolute atomic E-state index is 0.0427. The summed E-state index contributed by atoms with van der Waals surface area (Å²) in [6, 6.07) is 7.21. The van der Waals surface area contributed by atoms with Gasteiger partial charge in [0.25, 0.3) is 0 Å². The molecule has 102 valence electrons. The van der Waals surface area contributed by atoms with Crippen molar-refractivity contribution in [2.45, 2.75) is 19.3 Å². The van der Waals surface area contributed by atoms with E-state index in [-0.39, 0.29) is 11.5 Å². The number of aromatic nitrogens is 1. The van der Waals surface area contributed by atoms with E-state index in [9.17, 15) is 4.39 Å². The third-order valence-electron chi connectivity index (χ3n) is 4.00. The van der Waals surface area contributed by atoms with E-state index >= 15 is 0 Å². The van der Waals surface area contributed by atoms with Crippen LogP contribution < -0.4 is 5.32 Å². The normalized spacial score (nSPS) is 22.6. The van der Waals surface area contributed by atoms with Crippen molar-refractivity contribution in [2.24, 2.45) is 5.92 Å². The van der Waals surface area contributed by atoms with E-state index in [0.717, 1.165) is 30.5 Å². The number of hydrogen-bond acceptors (Lipinski definition) is 3. The predicted octanol–water partition coefficient (Wildman–Crippen LogP) is 2.96. The van der Waals surface area contributed by atoms with Gasteiger partial charge in [0.15, 0.2) is 0 Å². The lowest BCUT2D eigenvalue weighted by Gasteiger charge is -2.29. The predicted molar refractivity (Wildman–Crippen MR) is 75.8 cm³/mol. The number of nitrogens with one attached hydrogen (secondary N) is 1. The highest BCUT2D eigenvalue weighted by Gasteiger charge is 2.24. The largest absolute Gasteiger partial charge is 0.316 e. The average Bonchev–Trinajstić information content (AvgIpc) is 2.46. The van der Waals surface area contributed by atoms with Crippen LogP contribution in [0.2, 0.25) is 0 Å². The number of pyridine rings is 1. The fourth-order valence-corrected chi connectivity index (χ4v) is 3.07. The zero-order chi connectivity index (χ0) is 14.1. The second kappa shape index (κ2) is 5.18. The van der Waals surface area contributed by atoms with E-state index in [1.165, 1.54) is 6.07 Å². The van der Waals surface area contributed by atoms with Gasteiger partial charge in [-0.3, -0.25) is 4.98 Å². The molecule has 1 unspecified atom stereocenters. The first-order chi connectivity index (χ1) is 9.70. The molecule has 1 fully saturated rings. The SMILES string of the molecule is C[C@H]1CNCC(c2cc(F)c(C#N)c3ncccc23)C1.